The van der Waals surface area contributed by atoms with Gasteiger partial charge >= 0.3 is 5.97 Å². The normalized spacial score (nSPS) is 13.0. The van der Waals surface area contributed by atoms with E-state index in [1.165, 1.54) is 0 Å². The summed E-state index contributed by atoms with van der Waals surface area (Å²) in [5, 5.41) is 17.1. The molecular formula is C18H26N4O3. The number of aliphatic carboxylic acids is 1. The molecule has 1 amide bonds. The molecule has 0 fully saturated rings. The Kier molecular flexibility index (Phi) is 5.15. The van der Waals surface area contributed by atoms with E-state index in [0.29, 0.717) is 40.8 Å². The molecule has 7 nitrogen and oxygen atoms in total. The van der Waals surface area contributed by atoms with Crippen molar-refractivity contribution >= 4 is 22.9 Å². The van der Waals surface area contributed by atoms with Gasteiger partial charge in [0.15, 0.2) is 5.65 Å². The molecule has 1 atom stereocenters. The largest absolute Gasteiger partial charge is 0.480 e. The van der Waals surface area contributed by atoms with Crippen LogP contribution in [0.15, 0.2) is 6.07 Å². The van der Waals surface area contributed by atoms with E-state index in [-0.39, 0.29) is 5.41 Å². The van der Waals surface area contributed by atoms with E-state index < -0.39 is 17.9 Å². The molecule has 0 bridgehead atoms. The lowest BCUT2D eigenvalue weighted by molar-refractivity contribution is -0.139. The van der Waals surface area contributed by atoms with Crippen LogP contribution in [0.5, 0.6) is 0 Å². The fourth-order valence-corrected chi connectivity index (χ4v) is 2.82. The molecule has 2 aromatic rings. The molecule has 0 aliphatic rings. The lowest BCUT2D eigenvalue weighted by Crippen LogP contribution is -2.41. The Bertz CT molecular complexity index is 818. The number of carbonyl (C=O) groups excluding carboxylic acids is 1. The van der Waals surface area contributed by atoms with Gasteiger partial charge in [-0.25, -0.2) is 9.78 Å². The van der Waals surface area contributed by atoms with Gasteiger partial charge in [0.25, 0.3) is 5.91 Å². The van der Waals surface area contributed by atoms with Gasteiger partial charge in [-0.05, 0) is 38.2 Å². The first-order valence-corrected chi connectivity index (χ1v) is 8.34. The second-order valence-corrected chi connectivity index (χ2v) is 7.68. The third-order valence-electron chi connectivity index (χ3n) is 4.13. The van der Waals surface area contributed by atoms with Crippen molar-refractivity contribution in [1.29, 1.82) is 0 Å². The molecule has 0 spiro atoms. The SMILES string of the molecule is Cc1cc(C(=O)NC(CCC(C)(C)C)C(=O)O)c2c(C)nn(C)c2n1. The molecule has 2 rings (SSSR count). The van der Waals surface area contributed by atoms with E-state index in [2.05, 4.69) is 15.4 Å². The average Bonchev–Trinajstić information content (AvgIpc) is 2.75. The predicted octanol–water partition coefficient (Wildman–Crippen LogP) is 2.59. The fourth-order valence-electron chi connectivity index (χ4n) is 2.82. The zero-order valence-corrected chi connectivity index (χ0v) is 15.7. The highest BCUT2D eigenvalue weighted by atomic mass is 16.4. The van der Waals surface area contributed by atoms with E-state index in [1.54, 1.807) is 24.7 Å². The van der Waals surface area contributed by atoms with Gasteiger partial charge in [0.05, 0.1) is 16.6 Å². The van der Waals surface area contributed by atoms with Crippen LogP contribution in [-0.2, 0) is 11.8 Å². The van der Waals surface area contributed by atoms with Gasteiger partial charge in [0.2, 0.25) is 0 Å². The van der Waals surface area contributed by atoms with Crippen molar-refractivity contribution in [3.63, 3.8) is 0 Å². The number of carbonyl (C=O) groups is 2. The molecule has 0 saturated heterocycles. The maximum atomic E-state index is 12.8. The van der Waals surface area contributed by atoms with Crippen LogP contribution in [0.2, 0.25) is 0 Å². The van der Waals surface area contributed by atoms with E-state index in [1.807, 2.05) is 27.7 Å². The van der Waals surface area contributed by atoms with Crippen LogP contribution in [0.4, 0.5) is 0 Å². The van der Waals surface area contributed by atoms with Crippen LogP contribution in [0.1, 0.15) is 55.4 Å². The van der Waals surface area contributed by atoms with E-state index in [9.17, 15) is 14.7 Å². The van der Waals surface area contributed by atoms with Crippen LogP contribution in [-0.4, -0.2) is 37.8 Å². The second kappa shape index (κ2) is 6.82. The van der Waals surface area contributed by atoms with Gasteiger partial charge in [-0.2, -0.15) is 5.10 Å². The van der Waals surface area contributed by atoms with E-state index in [4.69, 9.17) is 0 Å². The lowest BCUT2D eigenvalue weighted by Gasteiger charge is -2.21. The molecule has 136 valence electrons. The Morgan fingerprint density at radius 3 is 2.52 bits per heavy atom. The minimum absolute atomic E-state index is 0.00110. The number of hydrogen-bond donors (Lipinski definition) is 2. The van der Waals surface area contributed by atoms with Gasteiger partial charge < -0.3 is 10.4 Å². The molecule has 2 aromatic heterocycles. The molecule has 0 radical (unpaired) electrons. The molecule has 1 unspecified atom stereocenters. The highest BCUT2D eigenvalue weighted by Crippen LogP contribution is 2.23. The van der Waals surface area contributed by atoms with Crippen molar-refractivity contribution in [2.24, 2.45) is 12.5 Å². The Morgan fingerprint density at radius 1 is 1.32 bits per heavy atom. The number of nitrogens with zero attached hydrogens (tertiary/aromatic N) is 3. The fraction of sp³-hybridized carbons (Fsp3) is 0.556. The highest BCUT2D eigenvalue weighted by molar-refractivity contribution is 6.07. The maximum Gasteiger partial charge on any atom is 0.326 e. The van der Waals surface area contributed by atoms with Crippen molar-refractivity contribution < 1.29 is 14.7 Å². The standard InChI is InChI=1S/C18H26N4O3/c1-10-9-12(14-11(2)21-22(6)15(14)19-10)16(23)20-13(17(24)25)7-8-18(3,4)5/h9,13H,7-8H2,1-6H3,(H,20,23)(H,24,25). The monoisotopic (exact) mass is 346 g/mol. The molecule has 7 heteroatoms. The number of aryl methyl sites for hydroxylation is 3. The lowest BCUT2D eigenvalue weighted by atomic mass is 9.88. The summed E-state index contributed by atoms with van der Waals surface area (Å²) in [5.74, 6) is -1.43. The number of aromatic nitrogens is 3. The van der Waals surface area contributed by atoms with E-state index >= 15 is 0 Å². The van der Waals surface area contributed by atoms with Crippen LogP contribution < -0.4 is 5.32 Å². The summed E-state index contributed by atoms with van der Waals surface area (Å²) in [4.78, 5) is 28.7. The van der Waals surface area contributed by atoms with Gasteiger partial charge in [-0.1, -0.05) is 20.8 Å². The zero-order chi connectivity index (χ0) is 18.9. The molecule has 0 saturated carbocycles. The summed E-state index contributed by atoms with van der Waals surface area (Å²) in [5.41, 5.74) is 2.40. The Morgan fingerprint density at radius 2 is 1.96 bits per heavy atom. The van der Waals surface area contributed by atoms with Crippen molar-refractivity contribution in [3.05, 3.63) is 23.0 Å². The van der Waals surface area contributed by atoms with Crippen LogP contribution in [0.25, 0.3) is 11.0 Å². The summed E-state index contributed by atoms with van der Waals surface area (Å²) in [6, 6.07) is 0.752. The first-order chi connectivity index (χ1) is 11.5. The first kappa shape index (κ1) is 18.9. The predicted molar refractivity (Wildman–Crippen MR) is 95.6 cm³/mol. The smallest absolute Gasteiger partial charge is 0.326 e. The number of pyridine rings is 1. The number of nitrogens with one attached hydrogen (secondary N) is 1. The molecule has 2 N–H and O–H groups in total. The highest BCUT2D eigenvalue weighted by Gasteiger charge is 2.25. The topological polar surface area (TPSA) is 97.1 Å². The Labute approximate surface area is 147 Å². The zero-order valence-electron chi connectivity index (χ0n) is 15.7. The van der Waals surface area contributed by atoms with Crippen molar-refractivity contribution in [1.82, 2.24) is 20.1 Å². The third-order valence-corrected chi connectivity index (χ3v) is 4.13. The average molecular weight is 346 g/mol. The van der Waals surface area contributed by atoms with Crippen LogP contribution in [0.3, 0.4) is 0 Å². The molecule has 0 aromatic carbocycles. The number of fused-ring (bicyclic) bond motifs is 1. The summed E-state index contributed by atoms with van der Waals surface area (Å²) >= 11 is 0. The van der Waals surface area contributed by atoms with Crippen LogP contribution in [0, 0.1) is 19.3 Å². The van der Waals surface area contributed by atoms with Gasteiger partial charge in [-0.15, -0.1) is 0 Å². The van der Waals surface area contributed by atoms with E-state index in [0.717, 1.165) is 0 Å². The van der Waals surface area contributed by atoms with Gasteiger partial charge in [0.1, 0.15) is 6.04 Å². The Balaban J connectivity index is 2.33. The number of carboxylic acid groups (broad SMARTS) is 1. The molecule has 25 heavy (non-hydrogen) atoms. The summed E-state index contributed by atoms with van der Waals surface area (Å²) < 4.78 is 1.63. The molecule has 2 heterocycles. The van der Waals surface area contributed by atoms with Crippen molar-refractivity contribution in [2.45, 2.75) is 53.5 Å². The maximum absolute atomic E-state index is 12.8. The first-order valence-electron chi connectivity index (χ1n) is 8.34. The number of amides is 1. The number of carboxylic acids is 1. The summed E-state index contributed by atoms with van der Waals surface area (Å²) in [6.07, 6.45) is 1.07. The quantitative estimate of drug-likeness (QED) is 0.867. The minimum Gasteiger partial charge on any atom is -0.480 e. The number of rotatable bonds is 5. The van der Waals surface area contributed by atoms with Gasteiger partial charge in [-0.3, -0.25) is 9.48 Å². The third kappa shape index (κ3) is 4.35. The molecule has 0 aliphatic heterocycles. The Hall–Kier alpha value is -2.44. The summed E-state index contributed by atoms with van der Waals surface area (Å²) in [6.45, 7) is 9.74. The van der Waals surface area contributed by atoms with Gasteiger partial charge in [0, 0.05) is 12.7 Å². The molecular weight excluding hydrogens is 320 g/mol. The van der Waals surface area contributed by atoms with Crippen LogP contribution >= 0.6 is 0 Å². The second-order valence-electron chi connectivity index (χ2n) is 7.68. The summed E-state index contributed by atoms with van der Waals surface area (Å²) in [7, 11) is 1.77. The molecule has 0 aliphatic carbocycles. The van der Waals surface area contributed by atoms with Crippen molar-refractivity contribution in [3.8, 4) is 0 Å². The number of hydrogen-bond acceptors (Lipinski definition) is 4. The van der Waals surface area contributed by atoms with Crippen molar-refractivity contribution in [2.75, 3.05) is 0 Å². The minimum atomic E-state index is -1.03.